The minimum absolute atomic E-state index is 0.0266. The molecule has 0 atom stereocenters. The maximum Gasteiger partial charge on any atom is 0.254 e. The third kappa shape index (κ3) is 4.63. The van der Waals surface area contributed by atoms with Crippen molar-refractivity contribution in [2.45, 2.75) is 20.8 Å². The fraction of sp³-hybridized carbons (Fsp3) is 0.400. The van der Waals surface area contributed by atoms with Crippen LogP contribution >= 0.6 is 11.3 Å². The largest absolute Gasteiger partial charge is 0.351 e. The molecule has 1 amide bonds. The fourth-order valence-corrected chi connectivity index (χ4v) is 3.87. The van der Waals surface area contributed by atoms with E-state index in [0.717, 1.165) is 17.1 Å². The van der Waals surface area contributed by atoms with Gasteiger partial charge in [-0.2, -0.15) is 5.10 Å². The maximum atomic E-state index is 12.7. The van der Waals surface area contributed by atoms with Crippen molar-refractivity contribution >= 4 is 17.2 Å². The summed E-state index contributed by atoms with van der Waals surface area (Å²) in [6, 6.07) is 5.87. The lowest BCUT2D eigenvalue weighted by Gasteiger charge is -2.28. The predicted molar refractivity (Wildman–Crippen MR) is 112 cm³/mol. The van der Waals surface area contributed by atoms with E-state index in [1.54, 1.807) is 28.4 Å². The molecule has 1 N–H and O–H groups in total. The fourth-order valence-electron chi connectivity index (χ4n) is 3.17. The smallest absolute Gasteiger partial charge is 0.254 e. The summed E-state index contributed by atoms with van der Waals surface area (Å²) in [5.74, 6) is 0.320. The van der Waals surface area contributed by atoms with Crippen molar-refractivity contribution in [1.82, 2.24) is 30.0 Å². The van der Waals surface area contributed by atoms with Crippen LogP contribution in [0.3, 0.4) is 0 Å². The van der Waals surface area contributed by atoms with Crippen LogP contribution in [0.2, 0.25) is 0 Å². The van der Waals surface area contributed by atoms with Gasteiger partial charge in [-0.1, -0.05) is 19.9 Å². The summed E-state index contributed by atoms with van der Waals surface area (Å²) in [7, 11) is 4.06. The Bertz CT molecular complexity index is 946. The highest BCUT2D eigenvalue weighted by Gasteiger charge is 2.22. The maximum absolute atomic E-state index is 12.7. The normalized spacial score (nSPS) is 11.8. The average Bonchev–Trinajstić information content (AvgIpc) is 3.29. The monoisotopic (exact) mass is 398 g/mol. The molecule has 0 fully saturated rings. The molecule has 0 saturated carbocycles. The van der Waals surface area contributed by atoms with Gasteiger partial charge in [-0.05, 0) is 43.9 Å². The SMILES string of the molecule is Cc1c(C(=O)NCC(C)(C)CN(C)C)cnn1-c1nccc(-c2cccs2)n1. The molecule has 148 valence electrons. The van der Waals surface area contributed by atoms with E-state index in [-0.39, 0.29) is 11.3 Å². The summed E-state index contributed by atoms with van der Waals surface area (Å²) in [5, 5.41) is 9.38. The van der Waals surface area contributed by atoms with Gasteiger partial charge in [0.15, 0.2) is 0 Å². The number of nitrogens with zero attached hydrogens (tertiary/aromatic N) is 5. The number of rotatable bonds is 7. The molecule has 0 aliphatic rings. The molecule has 0 bridgehead atoms. The van der Waals surface area contributed by atoms with Gasteiger partial charge in [0.05, 0.1) is 28.0 Å². The summed E-state index contributed by atoms with van der Waals surface area (Å²) < 4.78 is 1.61. The highest BCUT2D eigenvalue weighted by molar-refractivity contribution is 7.13. The summed E-state index contributed by atoms with van der Waals surface area (Å²) in [6.45, 7) is 7.59. The van der Waals surface area contributed by atoms with E-state index in [9.17, 15) is 4.79 Å². The predicted octanol–water partition coefficient (Wildman–Crippen LogP) is 3.02. The first-order valence-electron chi connectivity index (χ1n) is 9.12. The molecule has 0 radical (unpaired) electrons. The number of aromatic nitrogens is 4. The number of hydrogen-bond donors (Lipinski definition) is 1. The Morgan fingerprint density at radius 3 is 2.79 bits per heavy atom. The number of carbonyl (C=O) groups is 1. The van der Waals surface area contributed by atoms with E-state index >= 15 is 0 Å². The highest BCUT2D eigenvalue weighted by atomic mass is 32.1. The first kappa shape index (κ1) is 20.2. The lowest BCUT2D eigenvalue weighted by atomic mass is 9.93. The lowest BCUT2D eigenvalue weighted by molar-refractivity contribution is 0.0928. The van der Waals surface area contributed by atoms with Gasteiger partial charge in [-0.3, -0.25) is 4.79 Å². The van der Waals surface area contributed by atoms with Crippen molar-refractivity contribution in [3.8, 4) is 16.5 Å². The minimum atomic E-state index is -0.134. The number of hydrogen-bond acceptors (Lipinski definition) is 6. The zero-order chi connectivity index (χ0) is 20.3. The molecular weight excluding hydrogens is 372 g/mol. The van der Waals surface area contributed by atoms with Crippen LogP contribution in [0, 0.1) is 12.3 Å². The number of nitrogens with one attached hydrogen (secondary N) is 1. The standard InChI is InChI=1S/C20H26N6OS/c1-14-15(18(27)22-12-20(2,3)13-25(4)5)11-23-26(14)19-21-9-8-16(24-19)17-7-6-10-28-17/h6-11H,12-13H2,1-5H3,(H,22,27). The van der Waals surface area contributed by atoms with E-state index in [1.165, 1.54) is 0 Å². The van der Waals surface area contributed by atoms with Gasteiger partial charge in [0.25, 0.3) is 11.9 Å². The second-order valence-corrected chi connectivity index (χ2v) is 8.81. The van der Waals surface area contributed by atoms with Crippen LogP contribution in [-0.2, 0) is 0 Å². The van der Waals surface area contributed by atoms with Gasteiger partial charge in [0, 0.05) is 19.3 Å². The number of thiophene rings is 1. The van der Waals surface area contributed by atoms with Crippen LogP contribution in [0.5, 0.6) is 0 Å². The number of amides is 1. The Hall–Kier alpha value is -2.58. The van der Waals surface area contributed by atoms with E-state index in [2.05, 4.69) is 39.1 Å². The van der Waals surface area contributed by atoms with Crippen LogP contribution in [0.25, 0.3) is 16.5 Å². The first-order chi connectivity index (χ1) is 13.3. The molecule has 0 unspecified atom stereocenters. The van der Waals surface area contributed by atoms with Crippen LogP contribution < -0.4 is 5.32 Å². The Kier molecular flexibility index (Phi) is 5.90. The molecule has 0 aromatic carbocycles. The number of carbonyl (C=O) groups excluding carboxylic acids is 1. The lowest BCUT2D eigenvalue weighted by Crippen LogP contribution is -2.40. The molecular formula is C20H26N6OS. The van der Waals surface area contributed by atoms with Crippen LogP contribution in [0.4, 0.5) is 0 Å². The molecule has 8 heteroatoms. The molecule has 3 heterocycles. The van der Waals surface area contributed by atoms with E-state index in [0.29, 0.717) is 23.8 Å². The van der Waals surface area contributed by atoms with Gasteiger partial charge < -0.3 is 10.2 Å². The molecule has 0 aliphatic heterocycles. The van der Waals surface area contributed by atoms with Crippen molar-refractivity contribution in [2.75, 3.05) is 27.2 Å². The third-order valence-electron chi connectivity index (χ3n) is 4.33. The van der Waals surface area contributed by atoms with E-state index in [4.69, 9.17) is 0 Å². The van der Waals surface area contributed by atoms with Gasteiger partial charge in [-0.25, -0.2) is 14.6 Å². The summed E-state index contributed by atoms with van der Waals surface area (Å²) in [6.07, 6.45) is 3.28. The van der Waals surface area contributed by atoms with Crippen molar-refractivity contribution in [2.24, 2.45) is 5.41 Å². The van der Waals surface area contributed by atoms with Gasteiger partial charge in [0.2, 0.25) is 0 Å². The van der Waals surface area contributed by atoms with E-state index < -0.39 is 0 Å². The zero-order valence-corrected chi connectivity index (χ0v) is 17.7. The second kappa shape index (κ2) is 8.20. The van der Waals surface area contributed by atoms with Gasteiger partial charge in [-0.15, -0.1) is 11.3 Å². The average molecular weight is 399 g/mol. The van der Waals surface area contributed by atoms with Crippen molar-refractivity contribution in [1.29, 1.82) is 0 Å². The first-order valence-corrected chi connectivity index (χ1v) is 10.00. The quantitative estimate of drug-likeness (QED) is 0.662. The van der Waals surface area contributed by atoms with Crippen LogP contribution in [0.15, 0.2) is 36.0 Å². The zero-order valence-electron chi connectivity index (χ0n) is 16.9. The van der Waals surface area contributed by atoms with Gasteiger partial charge in [0.1, 0.15) is 0 Å². The summed E-state index contributed by atoms with van der Waals surface area (Å²) in [5.41, 5.74) is 2.06. The summed E-state index contributed by atoms with van der Waals surface area (Å²) in [4.78, 5) is 24.8. The molecule has 3 rings (SSSR count). The Labute approximate surface area is 169 Å². The molecule has 28 heavy (non-hydrogen) atoms. The summed E-state index contributed by atoms with van der Waals surface area (Å²) >= 11 is 1.62. The van der Waals surface area contributed by atoms with E-state index in [1.807, 2.05) is 44.6 Å². The van der Waals surface area contributed by atoms with Crippen LogP contribution in [-0.4, -0.2) is 57.7 Å². The van der Waals surface area contributed by atoms with Crippen LogP contribution in [0.1, 0.15) is 29.9 Å². The Balaban J connectivity index is 1.77. The van der Waals surface area contributed by atoms with Crippen molar-refractivity contribution < 1.29 is 4.79 Å². The Morgan fingerprint density at radius 1 is 1.32 bits per heavy atom. The molecule has 0 saturated heterocycles. The Morgan fingerprint density at radius 2 is 2.11 bits per heavy atom. The molecule has 0 spiro atoms. The second-order valence-electron chi connectivity index (χ2n) is 7.86. The minimum Gasteiger partial charge on any atom is -0.351 e. The van der Waals surface area contributed by atoms with Gasteiger partial charge >= 0.3 is 0 Å². The highest BCUT2D eigenvalue weighted by Crippen LogP contribution is 2.23. The van der Waals surface area contributed by atoms with Crippen molar-refractivity contribution in [3.63, 3.8) is 0 Å². The molecule has 3 aromatic rings. The molecule has 7 nitrogen and oxygen atoms in total. The molecule has 0 aliphatic carbocycles. The topological polar surface area (TPSA) is 75.9 Å². The third-order valence-corrected chi connectivity index (χ3v) is 5.22. The van der Waals surface area contributed by atoms with Crippen molar-refractivity contribution in [3.05, 3.63) is 47.2 Å². The molecule has 3 aromatic heterocycles.